The lowest BCUT2D eigenvalue weighted by Gasteiger charge is -2.61. The number of aromatic nitrogens is 1. The molecule has 0 aromatic carbocycles. The van der Waals surface area contributed by atoms with E-state index in [2.05, 4.69) is 37.9 Å². The first-order valence-corrected chi connectivity index (χ1v) is 11.5. The zero-order valence-electron chi connectivity index (χ0n) is 17.7. The van der Waals surface area contributed by atoms with Crippen LogP contribution in [0.3, 0.4) is 0 Å². The van der Waals surface area contributed by atoms with Crippen molar-refractivity contribution in [2.75, 3.05) is 6.54 Å². The first-order valence-electron chi connectivity index (χ1n) is 11.5. The van der Waals surface area contributed by atoms with E-state index in [9.17, 15) is 4.79 Å². The van der Waals surface area contributed by atoms with Crippen LogP contribution >= 0.6 is 0 Å². The summed E-state index contributed by atoms with van der Waals surface area (Å²) in [6, 6.07) is 4.45. The van der Waals surface area contributed by atoms with Gasteiger partial charge in [0.15, 0.2) is 5.69 Å². The molecular formula is C25H35N2O+. The van der Waals surface area contributed by atoms with Crippen molar-refractivity contribution in [1.82, 2.24) is 9.47 Å². The molecule has 0 bridgehead atoms. The molecule has 1 aliphatic heterocycles. The number of nitrogens with zero attached hydrogens (tertiary/aromatic N) is 2. The van der Waals surface area contributed by atoms with Gasteiger partial charge in [0, 0.05) is 30.2 Å². The molecule has 1 aromatic rings. The minimum atomic E-state index is 0.104. The van der Waals surface area contributed by atoms with Gasteiger partial charge in [-0.1, -0.05) is 26.3 Å². The van der Waals surface area contributed by atoms with Crippen molar-refractivity contribution in [1.29, 1.82) is 0 Å². The second-order valence-corrected chi connectivity index (χ2v) is 10.5. The number of carbonyl (C=O) groups is 1. The SMILES string of the molecule is CC[N+]1(c2cccnc2)C(=O)C=C[C@@]2(C)[C@H]1CC[C@H]1[C@@H]3CCC[C@@]3(C)CC[C@@H]12. The Bertz CT molecular complexity index is 804. The van der Waals surface area contributed by atoms with E-state index in [-0.39, 0.29) is 11.3 Å². The maximum atomic E-state index is 13.4. The second kappa shape index (κ2) is 6.26. The van der Waals surface area contributed by atoms with E-state index >= 15 is 0 Å². The van der Waals surface area contributed by atoms with Crippen LogP contribution in [0.2, 0.25) is 0 Å². The van der Waals surface area contributed by atoms with Crippen LogP contribution in [0, 0.1) is 28.6 Å². The summed E-state index contributed by atoms with van der Waals surface area (Å²) in [7, 11) is 0. The first-order chi connectivity index (χ1) is 13.5. The zero-order chi connectivity index (χ0) is 19.6. The Hall–Kier alpha value is -1.48. The molecule has 3 heteroatoms. The second-order valence-electron chi connectivity index (χ2n) is 10.5. The van der Waals surface area contributed by atoms with E-state index in [1.54, 1.807) is 0 Å². The highest BCUT2D eigenvalue weighted by Gasteiger charge is 2.64. The van der Waals surface area contributed by atoms with Crippen LogP contribution < -0.4 is 4.48 Å². The lowest BCUT2D eigenvalue weighted by atomic mass is 9.48. The molecule has 3 nitrogen and oxygen atoms in total. The number of carbonyl (C=O) groups excluding carboxylic acids is 1. The van der Waals surface area contributed by atoms with Crippen molar-refractivity contribution in [3.8, 4) is 0 Å². The average Bonchev–Trinajstić information content (AvgIpc) is 3.11. The number of pyridine rings is 1. The first kappa shape index (κ1) is 18.5. The largest absolute Gasteiger partial charge is 0.343 e. The van der Waals surface area contributed by atoms with Crippen LogP contribution in [-0.2, 0) is 4.79 Å². The van der Waals surface area contributed by atoms with Crippen molar-refractivity contribution in [2.45, 2.75) is 71.8 Å². The third-order valence-corrected chi connectivity index (χ3v) is 9.62. The van der Waals surface area contributed by atoms with E-state index in [1.165, 1.54) is 38.5 Å². The summed E-state index contributed by atoms with van der Waals surface area (Å²) in [6.07, 6.45) is 17.5. The van der Waals surface area contributed by atoms with Crippen LogP contribution in [0.15, 0.2) is 36.7 Å². The Morgan fingerprint density at radius 2 is 2.00 bits per heavy atom. The normalized spacial score (nSPS) is 47.3. The van der Waals surface area contributed by atoms with Gasteiger partial charge in [-0.05, 0) is 68.3 Å². The molecule has 1 aromatic heterocycles. The van der Waals surface area contributed by atoms with Gasteiger partial charge in [0.25, 0.3) is 0 Å². The van der Waals surface area contributed by atoms with Gasteiger partial charge in [0.1, 0.15) is 6.04 Å². The molecule has 1 unspecified atom stereocenters. The third-order valence-electron chi connectivity index (χ3n) is 9.62. The molecule has 7 atom stereocenters. The van der Waals surface area contributed by atoms with E-state index < -0.39 is 0 Å². The maximum Gasteiger partial charge on any atom is 0.343 e. The molecule has 0 radical (unpaired) electrons. The number of rotatable bonds is 2. The fourth-order valence-corrected chi connectivity index (χ4v) is 8.29. The number of hydrogen-bond acceptors (Lipinski definition) is 2. The molecule has 28 heavy (non-hydrogen) atoms. The zero-order valence-corrected chi connectivity index (χ0v) is 17.7. The summed E-state index contributed by atoms with van der Waals surface area (Å²) in [5.41, 5.74) is 1.76. The number of hydrogen-bond donors (Lipinski definition) is 0. The summed E-state index contributed by atoms with van der Waals surface area (Å²) in [5, 5.41) is 0. The molecule has 3 aliphatic carbocycles. The topological polar surface area (TPSA) is 30.0 Å². The smallest absolute Gasteiger partial charge is 0.258 e. The lowest BCUT2D eigenvalue weighted by molar-refractivity contribution is -0.138. The van der Waals surface area contributed by atoms with Gasteiger partial charge in [-0.2, -0.15) is 0 Å². The van der Waals surface area contributed by atoms with Gasteiger partial charge in [-0.25, -0.2) is 9.28 Å². The minimum absolute atomic E-state index is 0.104. The fraction of sp³-hybridized carbons (Fsp3) is 0.680. The molecule has 1 amide bonds. The van der Waals surface area contributed by atoms with E-state index in [1.807, 2.05) is 24.5 Å². The van der Waals surface area contributed by atoms with Crippen LogP contribution in [0.4, 0.5) is 5.69 Å². The Balaban J connectivity index is 1.59. The Kier molecular flexibility index (Phi) is 4.14. The van der Waals surface area contributed by atoms with E-state index in [0.29, 0.717) is 21.9 Å². The number of quaternary nitrogens is 1. The van der Waals surface area contributed by atoms with Crippen molar-refractivity contribution in [2.24, 2.45) is 28.6 Å². The van der Waals surface area contributed by atoms with Crippen LogP contribution in [0.1, 0.15) is 65.7 Å². The van der Waals surface area contributed by atoms with Crippen LogP contribution in [0.5, 0.6) is 0 Å². The number of amides is 1. The predicted octanol–water partition coefficient (Wildman–Crippen LogP) is 5.51. The van der Waals surface area contributed by atoms with Gasteiger partial charge in [0.05, 0.1) is 12.7 Å². The van der Waals surface area contributed by atoms with Gasteiger partial charge >= 0.3 is 5.91 Å². The number of fused-ring (bicyclic) bond motifs is 5. The molecule has 3 fully saturated rings. The highest BCUT2D eigenvalue weighted by molar-refractivity contribution is 5.98. The van der Waals surface area contributed by atoms with Gasteiger partial charge in [-0.15, -0.1) is 0 Å². The van der Waals surface area contributed by atoms with E-state index in [0.717, 1.165) is 30.5 Å². The molecule has 2 heterocycles. The molecule has 0 saturated heterocycles. The highest BCUT2D eigenvalue weighted by atomic mass is 16.2. The summed E-state index contributed by atoms with van der Waals surface area (Å²) < 4.78 is 0.464. The Morgan fingerprint density at radius 3 is 2.75 bits per heavy atom. The predicted molar refractivity (Wildman–Crippen MR) is 114 cm³/mol. The van der Waals surface area contributed by atoms with Gasteiger partial charge < -0.3 is 0 Å². The Labute approximate surface area is 169 Å². The van der Waals surface area contributed by atoms with Crippen LogP contribution in [0.25, 0.3) is 0 Å². The van der Waals surface area contributed by atoms with Gasteiger partial charge in [0.2, 0.25) is 0 Å². The van der Waals surface area contributed by atoms with Crippen LogP contribution in [-0.4, -0.2) is 23.5 Å². The number of likely N-dealkylation sites (N-methyl/N-ethyl adjacent to an activating group) is 1. The van der Waals surface area contributed by atoms with E-state index in [4.69, 9.17) is 0 Å². The monoisotopic (exact) mass is 379 g/mol. The average molecular weight is 380 g/mol. The standard InChI is InChI=1S/C25H35N2O/c1-4-27(18-7-6-16-26-17-18)22-10-9-19-20-8-5-13-24(20,2)14-11-21(19)25(22,3)15-12-23(27)28/h6-7,12,15-17,19-22H,4-5,8-11,13-14H2,1-3H3/q+1/t19-,20-,21-,22+,24-,25+,27?/m0/s1. The molecule has 0 spiro atoms. The lowest BCUT2D eigenvalue weighted by Crippen LogP contribution is -2.70. The highest BCUT2D eigenvalue weighted by Crippen LogP contribution is 2.64. The van der Waals surface area contributed by atoms with Crippen molar-refractivity contribution in [3.63, 3.8) is 0 Å². The van der Waals surface area contributed by atoms with Gasteiger partial charge in [-0.3, -0.25) is 4.98 Å². The maximum absolute atomic E-state index is 13.4. The summed E-state index contributed by atoms with van der Waals surface area (Å²) in [6.45, 7) is 8.05. The summed E-state index contributed by atoms with van der Waals surface area (Å²) in [5.74, 6) is 2.70. The van der Waals surface area contributed by atoms with Crippen molar-refractivity contribution < 1.29 is 4.79 Å². The molecule has 3 saturated carbocycles. The van der Waals surface area contributed by atoms with Crippen molar-refractivity contribution >= 4 is 11.6 Å². The third kappa shape index (κ3) is 2.26. The fourth-order valence-electron chi connectivity index (χ4n) is 8.29. The minimum Gasteiger partial charge on any atom is -0.258 e. The molecule has 150 valence electrons. The molecule has 5 rings (SSSR count). The molecule has 0 N–H and O–H groups in total. The summed E-state index contributed by atoms with van der Waals surface area (Å²) >= 11 is 0. The Morgan fingerprint density at radius 1 is 1.14 bits per heavy atom. The molecular weight excluding hydrogens is 344 g/mol. The molecule has 4 aliphatic rings. The quantitative estimate of drug-likeness (QED) is 0.635. The van der Waals surface area contributed by atoms with Crippen molar-refractivity contribution in [3.05, 3.63) is 36.7 Å². The summed E-state index contributed by atoms with van der Waals surface area (Å²) in [4.78, 5) is 17.8.